The molecule has 7 heteroatoms. The van der Waals surface area contributed by atoms with Gasteiger partial charge in [0.25, 0.3) is 0 Å². The van der Waals surface area contributed by atoms with E-state index >= 15 is 0 Å². The Bertz CT molecular complexity index is 683. The Morgan fingerprint density at radius 1 is 1.33 bits per heavy atom. The highest BCUT2D eigenvalue weighted by atomic mass is 32.1. The molecule has 1 heterocycles. The van der Waals surface area contributed by atoms with Crippen molar-refractivity contribution in [2.45, 2.75) is 6.92 Å². The number of esters is 1. The summed E-state index contributed by atoms with van der Waals surface area (Å²) in [6, 6.07) is 8.34. The molecule has 0 aliphatic rings. The average molecular weight is 322 g/mol. The molecular formula is C14H14N2O3S2. The van der Waals surface area contributed by atoms with Crippen molar-refractivity contribution in [3.8, 4) is 5.75 Å². The van der Waals surface area contributed by atoms with Gasteiger partial charge in [-0.15, -0.1) is 11.3 Å². The minimum absolute atomic E-state index is 0.144. The van der Waals surface area contributed by atoms with Crippen LogP contribution >= 0.6 is 23.6 Å². The smallest absolute Gasteiger partial charge is 0.340 e. The highest BCUT2D eigenvalue weighted by Gasteiger charge is 2.16. The van der Waals surface area contributed by atoms with E-state index in [9.17, 15) is 9.90 Å². The van der Waals surface area contributed by atoms with Crippen LogP contribution in [-0.2, 0) is 4.74 Å². The van der Waals surface area contributed by atoms with E-state index in [1.807, 2.05) is 6.92 Å². The molecule has 0 saturated carbocycles. The Kier molecular flexibility index (Phi) is 4.77. The van der Waals surface area contributed by atoms with Gasteiger partial charge in [-0.2, -0.15) is 0 Å². The van der Waals surface area contributed by atoms with Gasteiger partial charge in [0.1, 0.15) is 10.8 Å². The first-order valence-corrected chi connectivity index (χ1v) is 7.28. The highest BCUT2D eigenvalue weighted by molar-refractivity contribution is 7.80. The monoisotopic (exact) mass is 322 g/mol. The largest absolute Gasteiger partial charge is 0.508 e. The fraction of sp³-hybridized carbons (Fsp3) is 0.143. The number of anilines is 2. The molecule has 0 fully saturated rings. The predicted octanol–water partition coefficient (Wildman–Crippen LogP) is 3.36. The van der Waals surface area contributed by atoms with Gasteiger partial charge in [0.15, 0.2) is 5.11 Å². The van der Waals surface area contributed by atoms with Crippen LogP contribution in [0.3, 0.4) is 0 Å². The summed E-state index contributed by atoms with van der Waals surface area (Å²) < 4.78 is 4.74. The number of carbonyl (C=O) groups is 1. The second-order valence-electron chi connectivity index (χ2n) is 4.22. The van der Waals surface area contributed by atoms with Crippen molar-refractivity contribution < 1.29 is 14.6 Å². The zero-order valence-electron chi connectivity index (χ0n) is 11.5. The van der Waals surface area contributed by atoms with Crippen LogP contribution in [0.2, 0.25) is 0 Å². The summed E-state index contributed by atoms with van der Waals surface area (Å²) in [5.41, 5.74) is 1.10. The number of hydrogen-bond donors (Lipinski definition) is 3. The molecule has 2 aromatic rings. The molecular weight excluding hydrogens is 308 g/mol. The van der Waals surface area contributed by atoms with Gasteiger partial charge >= 0.3 is 5.97 Å². The average Bonchev–Trinajstić information content (AvgIpc) is 2.78. The number of methoxy groups -OCH3 is 1. The number of benzene rings is 1. The number of aromatic hydroxyl groups is 1. The number of carbonyl (C=O) groups excluding carboxylic acids is 1. The molecule has 0 amide bonds. The van der Waals surface area contributed by atoms with E-state index in [0.29, 0.717) is 21.4 Å². The minimum Gasteiger partial charge on any atom is -0.508 e. The number of thiocarbonyl (C=S) groups is 1. The second-order valence-corrected chi connectivity index (χ2v) is 5.89. The molecule has 0 aliphatic heterocycles. The van der Waals surface area contributed by atoms with Crippen LogP contribution in [0.5, 0.6) is 5.75 Å². The normalized spacial score (nSPS) is 10.0. The molecule has 0 radical (unpaired) electrons. The van der Waals surface area contributed by atoms with Gasteiger partial charge < -0.3 is 20.5 Å². The second kappa shape index (κ2) is 6.55. The zero-order chi connectivity index (χ0) is 15.4. The van der Waals surface area contributed by atoms with Crippen molar-refractivity contribution in [2.24, 2.45) is 0 Å². The molecule has 21 heavy (non-hydrogen) atoms. The van der Waals surface area contributed by atoms with Gasteiger partial charge in [-0.3, -0.25) is 0 Å². The summed E-state index contributed by atoms with van der Waals surface area (Å²) in [7, 11) is 1.34. The number of rotatable bonds is 3. The molecule has 0 unspecified atom stereocenters. The third-order valence-electron chi connectivity index (χ3n) is 2.59. The summed E-state index contributed by atoms with van der Waals surface area (Å²) >= 11 is 6.61. The van der Waals surface area contributed by atoms with Crippen LogP contribution in [0.15, 0.2) is 30.3 Å². The maximum atomic E-state index is 11.7. The summed E-state index contributed by atoms with van der Waals surface area (Å²) in [6.07, 6.45) is 0. The molecule has 0 bridgehead atoms. The quantitative estimate of drug-likeness (QED) is 0.594. The Balaban J connectivity index is 2.11. The Morgan fingerprint density at radius 2 is 2.10 bits per heavy atom. The van der Waals surface area contributed by atoms with Gasteiger partial charge in [-0.1, -0.05) is 6.07 Å². The maximum Gasteiger partial charge on any atom is 0.340 e. The van der Waals surface area contributed by atoms with E-state index in [2.05, 4.69) is 10.6 Å². The van der Waals surface area contributed by atoms with Crippen LogP contribution in [0.25, 0.3) is 0 Å². The third kappa shape index (κ3) is 3.93. The van der Waals surface area contributed by atoms with Crippen LogP contribution in [-0.4, -0.2) is 23.3 Å². The van der Waals surface area contributed by atoms with E-state index < -0.39 is 5.97 Å². The number of aryl methyl sites for hydroxylation is 1. The number of hydrogen-bond acceptors (Lipinski definition) is 5. The lowest BCUT2D eigenvalue weighted by molar-refractivity contribution is 0.0602. The first kappa shape index (κ1) is 15.3. The first-order chi connectivity index (χ1) is 9.99. The molecule has 110 valence electrons. The molecule has 1 aromatic carbocycles. The van der Waals surface area contributed by atoms with Crippen molar-refractivity contribution in [3.05, 3.63) is 40.8 Å². The topological polar surface area (TPSA) is 70.6 Å². The molecule has 0 aliphatic carbocycles. The fourth-order valence-corrected chi connectivity index (χ4v) is 2.91. The Labute approximate surface area is 131 Å². The SMILES string of the molecule is COC(=O)c1cc(C)sc1NC(=S)Nc1cccc(O)c1. The van der Waals surface area contributed by atoms with Gasteiger partial charge in [-0.05, 0) is 37.3 Å². The fourth-order valence-electron chi connectivity index (χ4n) is 1.72. The number of phenolic OH excluding ortho intramolecular Hbond substituents is 1. The number of nitrogens with one attached hydrogen (secondary N) is 2. The van der Waals surface area contributed by atoms with Gasteiger partial charge in [0.2, 0.25) is 0 Å². The van der Waals surface area contributed by atoms with Crippen LogP contribution in [0.4, 0.5) is 10.7 Å². The molecule has 1 aromatic heterocycles. The predicted molar refractivity (Wildman–Crippen MR) is 88.3 cm³/mol. The van der Waals surface area contributed by atoms with Crippen LogP contribution < -0.4 is 10.6 Å². The standard InChI is InChI=1S/C14H14N2O3S2/c1-8-6-11(13(18)19-2)12(21-8)16-14(20)15-9-4-3-5-10(17)7-9/h3-7,17H,1-2H3,(H2,15,16,20). The minimum atomic E-state index is -0.415. The van der Waals surface area contributed by atoms with Crippen molar-refractivity contribution in [3.63, 3.8) is 0 Å². The van der Waals surface area contributed by atoms with Crippen LogP contribution in [0, 0.1) is 6.92 Å². The molecule has 0 atom stereocenters. The van der Waals surface area contributed by atoms with E-state index in [-0.39, 0.29) is 5.75 Å². The summed E-state index contributed by atoms with van der Waals surface area (Å²) in [5.74, 6) is -0.271. The third-order valence-corrected chi connectivity index (χ3v) is 3.76. The first-order valence-electron chi connectivity index (χ1n) is 6.05. The van der Waals surface area contributed by atoms with Crippen LogP contribution in [0.1, 0.15) is 15.2 Å². The van der Waals surface area contributed by atoms with E-state index in [4.69, 9.17) is 17.0 Å². The van der Waals surface area contributed by atoms with Crippen molar-refractivity contribution in [1.29, 1.82) is 0 Å². The van der Waals surface area contributed by atoms with Gasteiger partial charge in [0.05, 0.1) is 12.7 Å². The molecule has 0 spiro atoms. The van der Waals surface area contributed by atoms with Crippen molar-refractivity contribution in [1.82, 2.24) is 0 Å². The van der Waals surface area contributed by atoms with E-state index in [1.165, 1.54) is 18.4 Å². The number of phenols is 1. The van der Waals surface area contributed by atoms with Gasteiger partial charge in [-0.25, -0.2) is 4.79 Å². The van der Waals surface area contributed by atoms with Crippen molar-refractivity contribution in [2.75, 3.05) is 17.7 Å². The summed E-state index contributed by atoms with van der Waals surface area (Å²) in [5, 5.41) is 16.3. The lowest BCUT2D eigenvalue weighted by atomic mass is 10.3. The molecule has 3 N–H and O–H groups in total. The van der Waals surface area contributed by atoms with E-state index in [1.54, 1.807) is 30.3 Å². The number of ether oxygens (including phenoxy) is 1. The molecule has 5 nitrogen and oxygen atoms in total. The van der Waals surface area contributed by atoms with Gasteiger partial charge in [0, 0.05) is 16.6 Å². The number of thiophene rings is 1. The molecule has 2 rings (SSSR count). The lowest BCUT2D eigenvalue weighted by Crippen LogP contribution is -2.19. The zero-order valence-corrected chi connectivity index (χ0v) is 13.1. The lowest BCUT2D eigenvalue weighted by Gasteiger charge is -2.10. The summed E-state index contributed by atoms with van der Waals surface area (Å²) in [4.78, 5) is 12.7. The Hall–Kier alpha value is -2.12. The maximum absolute atomic E-state index is 11.7. The summed E-state index contributed by atoms with van der Waals surface area (Å²) in [6.45, 7) is 1.90. The Morgan fingerprint density at radius 3 is 2.76 bits per heavy atom. The van der Waals surface area contributed by atoms with E-state index in [0.717, 1.165) is 4.88 Å². The molecule has 0 saturated heterocycles. The highest BCUT2D eigenvalue weighted by Crippen LogP contribution is 2.28. The van der Waals surface area contributed by atoms with Crippen molar-refractivity contribution >= 4 is 45.3 Å².